The average molecular weight is 475 g/mol. The molecule has 3 rings (SSSR count). The van der Waals surface area contributed by atoms with Crippen molar-refractivity contribution in [1.29, 1.82) is 0 Å². The van der Waals surface area contributed by atoms with Crippen LogP contribution in [-0.4, -0.2) is 36.3 Å². The Bertz CT molecular complexity index is 1100. The van der Waals surface area contributed by atoms with Crippen LogP contribution in [0.5, 0.6) is 5.88 Å². The van der Waals surface area contributed by atoms with Crippen LogP contribution in [0, 0.1) is 11.6 Å². The third kappa shape index (κ3) is 7.19. The first kappa shape index (κ1) is 28.4. The number of anilines is 1. The van der Waals surface area contributed by atoms with E-state index in [2.05, 4.69) is 29.1 Å². The molecule has 0 fully saturated rings. The second-order valence-electron chi connectivity index (χ2n) is 7.24. The van der Waals surface area contributed by atoms with Crippen molar-refractivity contribution < 1.29 is 23.1 Å². The smallest absolute Gasteiger partial charge is 0.248 e. The molecule has 184 valence electrons. The number of nitrogens with one attached hydrogen (secondary N) is 1. The number of nitrogens with two attached hydrogens (primary N) is 1. The molecule has 1 amide bonds. The molecule has 0 saturated carbocycles. The quantitative estimate of drug-likeness (QED) is 0.486. The van der Waals surface area contributed by atoms with E-state index in [-0.39, 0.29) is 17.5 Å². The number of primary amides is 1. The third-order valence-electron chi connectivity index (χ3n) is 5.11. The van der Waals surface area contributed by atoms with Crippen LogP contribution in [0.4, 0.5) is 14.5 Å². The maximum Gasteiger partial charge on any atom is 0.248 e. The van der Waals surface area contributed by atoms with E-state index in [1.807, 2.05) is 25.4 Å². The molecule has 3 aromatic rings. The standard InChI is InChI=1S/C14H19N3O.C9H9F2NO.C2H4O/c1-5-9(2)13-10-6-7-12(18-4)17-14(10)16-8-11(13)15-3;1-2-6-7(10)3-5(9(12)13)4-8(6)11;1-2-3/h6-9,15H,5H2,1-4H3;3-4H,2H2,1H3,(H2,12,13);2H,1H3. The Labute approximate surface area is 198 Å². The van der Waals surface area contributed by atoms with Crippen molar-refractivity contribution in [2.24, 2.45) is 5.73 Å². The summed E-state index contributed by atoms with van der Waals surface area (Å²) >= 11 is 0. The van der Waals surface area contributed by atoms with E-state index in [0.29, 0.717) is 11.8 Å². The van der Waals surface area contributed by atoms with Gasteiger partial charge in [-0.2, -0.15) is 4.98 Å². The molecular weight excluding hydrogens is 442 g/mol. The van der Waals surface area contributed by atoms with Crippen LogP contribution in [0.1, 0.15) is 61.5 Å². The second kappa shape index (κ2) is 13.8. The van der Waals surface area contributed by atoms with Crippen LogP contribution in [0.25, 0.3) is 11.0 Å². The van der Waals surface area contributed by atoms with Crippen LogP contribution in [0.3, 0.4) is 0 Å². The molecule has 2 aromatic heterocycles. The average Bonchev–Trinajstić information content (AvgIpc) is 2.83. The fraction of sp³-hybridized carbons (Fsp3) is 0.360. The maximum atomic E-state index is 13.0. The van der Waals surface area contributed by atoms with Crippen LogP contribution in [-0.2, 0) is 11.2 Å². The van der Waals surface area contributed by atoms with E-state index in [1.165, 1.54) is 12.5 Å². The molecule has 9 heteroatoms. The number of carbonyl (C=O) groups is 2. The summed E-state index contributed by atoms with van der Waals surface area (Å²) in [7, 11) is 3.54. The van der Waals surface area contributed by atoms with E-state index in [1.54, 1.807) is 14.0 Å². The van der Waals surface area contributed by atoms with Gasteiger partial charge in [-0.05, 0) is 49.4 Å². The van der Waals surface area contributed by atoms with Crippen LogP contribution < -0.4 is 15.8 Å². The number of carbonyl (C=O) groups excluding carboxylic acids is 2. The number of pyridine rings is 2. The van der Waals surface area contributed by atoms with Crippen molar-refractivity contribution in [2.45, 2.75) is 46.5 Å². The predicted octanol–water partition coefficient (Wildman–Crippen LogP) is 5.02. The normalized spacial score (nSPS) is 10.8. The van der Waals surface area contributed by atoms with Gasteiger partial charge in [0.25, 0.3) is 0 Å². The highest BCUT2D eigenvalue weighted by atomic mass is 19.1. The molecule has 1 atom stereocenters. The highest BCUT2D eigenvalue weighted by molar-refractivity contribution is 5.92. The van der Waals surface area contributed by atoms with Crippen LogP contribution in [0.15, 0.2) is 30.5 Å². The van der Waals surface area contributed by atoms with Gasteiger partial charge in [-0.15, -0.1) is 0 Å². The summed E-state index contributed by atoms with van der Waals surface area (Å²) in [6, 6.07) is 5.82. The Morgan fingerprint density at radius 1 is 1.24 bits per heavy atom. The highest BCUT2D eigenvalue weighted by Crippen LogP contribution is 2.32. The maximum absolute atomic E-state index is 13.0. The number of hydrogen-bond donors (Lipinski definition) is 2. The highest BCUT2D eigenvalue weighted by Gasteiger charge is 2.15. The number of benzene rings is 1. The summed E-state index contributed by atoms with van der Waals surface area (Å²) in [4.78, 5) is 28.2. The van der Waals surface area contributed by atoms with E-state index in [9.17, 15) is 13.6 Å². The molecule has 0 aliphatic carbocycles. The first-order chi connectivity index (χ1) is 16.2. The Morgan fingerprint density at radius 3 is 2.26 bits per heavy atom. The topological polar surface area (TPSA) is 107 Å². The largest absolute Gasteiger partial charge is 0.481 e. The first-order valence-corrected chi connectivity index (χ1v) is 10.9. The van der Waals surface area contributed by atoms with Crippen LogP contribution >= 0.6 is 0 Å². The van der Waals surface area contributed by atoms with Crippen LogP contribution in [0.2, 0.25) is 0 Å². The number of aromatic nitrogens is 2. The van der Waals surface area contributed by atoms with Gasteiger partial charge in [-0.1, -0.05) is 20.8 Å². The second-order valence-corrected chi connectivity index (χ2v) is 7.24. The number of ether oxygens (including phenoxy) is 1. The van der Waals surface area contributed by atoms with E-state index < -0.39 is 17.5 Å². The zero-order valence-corrected chi connectivity index (χ0v) is 20.4. The Balaban J connectivity index is 0.000000318. The number of methoxy groups -OCH3 is 1. The SMILES string of the molecule is CC=O.CCC(C)c1c(NC)cnc2nc(OC)ccc12.CCc1c(F)cc(C(N)=O)cc1F. The van der Waals surface area contributed by atoms with E-state index in [4.69, 9.17) is 15.3 Å². The van der Waals surface area contributed by atoms with Gasteiger partial charge in [0, 0.05) is 29.6 Å². The molecule has 1 unspecified atom stereocenters. The monoisotopic (exact) mass is 474 g/mol. The van der Waals surface area contributed by atoms with Crippen molar-refractivity contribution in [3.63, 3.8) is 0 Å². The fourth-order valence-electron chi connectivity index (χ4n) is 3.21. The Morgan fingerprint density at radius 2 is 1.82 bits per heavy atom. The number of halogens is 2. The Kier molecular flexibility index (Phi) is 11.5. The van der Waals surface area contributed by atoms with Gasteiger partial charge in [-0.25, -0.2) is 13.8 Å². The molecule has 2 heterocycles. The molecule has 0 saturated heterocycles. The van der Waals surface area contributed by atoms with Gasteiger partial charge in [0.2, 0.25) is 11.8 Å². The third-order valence-corrected chi connectivity index (χ3v) is 5.11. The number of fused-ring (bicyclic) bond motifs is 1. The number of aldehydes is 1. The Hall–Kier alpha value is -3.62. The molecule has 0 aliphatic rings. The molecule has 0 radical (unpaired) electrons. The van der Waals surface area contributed by atoms with Crippen molar-refractivity contribution in [3.05, 3.63) is 58.8 Å². The molecule has 0 aliphatic heterocycles. The van der Waals surface area contributed by atoms with Crippen molar-refractivity contribution in [1.82, 2.24) is 9.97 Å². The fourth-order valence-corrected chi connectivity index (χ4v) is 3.21. The lowest BCUT2D eigenvalue weighted by atomic mass is 9.94. The summed E-state index contributed by atoms with van der Waals surface area (Å²) in [5, 5.41) is 4.30. The lowest BCUT2D eigenvalue weighted by Gasteiger charge is -2.17. The summed E-state index contributed by atoms with van der Waals surface area (Å²) in [6.07, 6.45) is 3.92. The van der Waals surface area contributed by atoms with Crippen molar-refractivity contribution in [2.75, 3.05) is 19.5 Å². The molecule has 7 nitrogen and oxygen atoms in total. The number of hydrogen-bond acceptors (Lipinski definition) is 6. The first-order valence-electron chi connectivity index (χ1n) is 10.9. The minimum atomic E-state index is -0.833. The van der Waals surface area contributed by atoms with Gasteiger partial charge < -0.3 is 20.6 Å². The molecule has 0 bridgehead atoms. The van der Waals surface area contributed by atoms with Gasteiger partial charge >= 0.3 is 0 Å². The van der Waals surface area contributed by atoms with Crippen molar-refractivity contribution >= 4 is 28.9 Å². The summed E-state index contributed by atoms with van der Waals surface area (Å²) in [5.41, 5.74) is 7.79. The number of rotatable bonds is 6. The number of amides is 1. The zero-order valence-electron chi connectivity index (χ0n) is 20.4. The zero-order chi connectivity index (χ0) is 25.8. The lowest BCUT2D eigenvalue weighted by Crippen LogP contribution is -2.12. The van der Waals surface area contributed by atoms with Gasteiger partial charge in [0.05, 0.1) is 19.0 Å². The molecule has 0 spiro atoms. The summed E-state index contributed by atoms with van der Waals surface area (Å²) in [6.45, 7) is 7.48. The van der Waals surface area contributed by atoms with Gasteiger partial charge in [0.1, 0.15) is 17.9 Å². The predicted molar refractivity (Wildman–Crippen MR) is 130 cm³/mol. The van der Waals surface area contributed by atoms with E-state index in [0.717, 1.165) is 41.6 Å². The minimum Gasteiger partial charge on any atom is -0.481 e. The molecule has 3 N–H and O–H groups in total. The summed E-state index contributed by atoms with van der Waals surface area (Å²) < 4.78 is 31.2. The minimum absolute atomic E-state index is 0.0231. The lowest BCUT2D eigenvalue weighted by molar-refractivity contribution is -0.106. The summed E-state index contributed by atoms with van der Waals surface area (Å²) in [5.74, 6) is -1.22. The number of nitrogens with zero attached hydrogens (tertiary/aromatic N) is 2. The van der Waals surface area contributed by atoms with Gasteiger partial charge in [0.15, 0.2) is 5.65 Å². The van der Waals surface area contributed by atoms with Crippen molar-refractivity contribution in [3.8, 4) is 5.88 Å². The van der Waals surface area contributed by atoms with Gasteiger partial charge in [-0.3, -0.25) is 4.79 Å². The molecule has 34 heavy (non-hydrogen) atoms. The molecule has 1 aromatic carbocycles. The molecular formula is C25H32F2N4O3. The van der Waals surface area contributed by atoms with E-state index >= 15 is 0 Å².